The Hall–Kier alpha value is -2.43. The molecule has 5 heteroatoms. The van der Waals surface area contributed by atoms with Crippen LogP contribution >= 0.6 is 0 Å². The molecule has 5 nitrogen and oxygen atoms in total. The second-order valence-corrected chi connectivity index (χ2v) is 4.27. The van der Waals surface area contributed by atoms with Crippen LogP contribution in [0.4, 0.5) is 11.5 Å². The molecule has 0 aliphatic carbocycles. The highest BCUT2D eigenvalue weighted by molar-refractivity contribution is 5.42. The van der Waals surface area contributed by atoms with E-state index >= 15 is 0 Å². The molecule has 0 saturated carbocycles. The minimum Gasteiger partial charge on any atom is -0.370 e. The molecule has 0 fully saturated rings. The second kappa shape index (κ2) is 5.95. The molecule has 0 spiro atoms. The van der Waals surface area contributed by atoms with Crippen LogP contribution in [0.5, 0.6) is 0 Å². The molecule has 0 unspecified atom stereocenters. The van der Waals surface area contributed by atoms with E-state index in [0.29, 0.717) is 0 Å². The van der Waals surface area contributed by atoms with E-state index in [4.69, 9.17) is 0 Å². The Morgan fingerprint density at radius 1 is 1.26 bits per heavy atom. The van der Waals surface area contributed by atoms with Gasteiger partial charge in [0.05, 0.1) is 4.92 Å². The maximum Gasteiger partial charge on any atom is 0.269 e. The summed E-state index contributed by atoms with van der Waals surface area (Å²) in [5.74, 6) is 0.879. The predicted octanol–water partition coefficient (Wildman–Crippen LogP) is 2.95. The summed E-state index contributed by atoms with van der Waals surface area (Å²) in [5, 5.41) is 13.8. The number of nitro groups is 1. The highest BCUT2D eigenvalue weighted by Crippen LogP contribution is 2.13. The van der Waals surface area contributed by atoms with E-state index in [2.05, 4.69) is 10.3 Å². The van der Waals surface area contributed by atoms with Crippen LogP contribution < -0.4 is 5.32 Å². The van der Waals surface area contributed by atoms with Crippen LogP contribution in [0, 0.1) is 17.0 Å². The number of aromatic nitrogens is 1. The third kappa shape index (κ3) is 3.51. The molecule has 0 saturated heterocycles. The monoisotopic (exact) mass is 257 g/mol. The van der Waals surface area contributed by atoms with Crippen LogP contribution in [0.2, 0.25) is 0 Å². The summed E-state index contributed by atoms with van der Waals surface area (Å²) in [6.07, 6.45) is 2.55. The van der Waals surface area contributed by atoms with E-state index in [1.54, 1.807) is 18.3 Å². The lowest BCUT2D eigenvalue weighted by Gasteiger charge is -2.07. The van der Waals surface area contributed by atoms with Crippen molar-refractivity contribution in [3.05, 3.63) is 63.8 Å². The average molecular weight is 257 g/mol. The summed E-state index contributed by atoms with van der Waals surface area (Å²) >= 11 is 0. The zero-order valence-electron chi connectivity index (χ0n) is 10.7. The number of aryl methyl sites for hydroxylation is 1. The normalized spacial score (nSPS) is 10.2. The van der Waals surface area contributed by atoms with Crippen molar-refractivity contribution in [3.63, 3.8) is 0 Å². The number of nitro benzene ring substituents is 1. The maximum absolute atomic E-state index is 10.5. The molecule has 0 amide bonds. The van der Waals surface area contributed by atoms with Crippen molar-refractivity contribution >= 4 is 11.5 Å². The Kier molecular flexibility index (Phi) is 4.07. The number of nitrogens with zero attached hydrogens (tertiary/aromatic N) is 2. The molecule has 0 atom stereocenters. The molecule has 1 N–H and O–H groups in total. The Balaban J connectivity index is 1.89. The first-order valence-corrected chi connectivity index (χ1v) is 6.05. The van der Waals surface area contributed by atoms with Gasteiger partial charge in [-0.3, -0.25) is 10.1 Å². The third-order valence-electron chi connectivity index (χ3n) is 2.86. The van der Waals surface area contributed by atoms with Crippen LogP contribution in [0.3, 0.4) is 0 Å². The molecule has 1 aromatic carbocycles. The van der Waals surface area contributed by atoms with Gasteiger partial charge in [0.15, 0.2) is 0 Å². The smallest absolute Gasteiger partial charge is 0.269 e. The van der Waals surface area contributed by atoms with E-state index in [0.717, 1.165) is 29.9 Å². The maximum atomic E-state index is 10.5. The summed E-state index contributed by atoms with van der Waals surface area (Å²) in [6, 6.07) is 10.5. The standard InChI is InChI=1S/C14H15N3O2/c1-11-3-2-9-15-14(11)16-10-8-12-4-6-13(7-5-12)17(18)19/h2-7,9H,8,10H2,1H3,(H,15,16). The lowest BCUT2D eigenvalue weighted by atomic mass is 10.1. The Morgan fingerprint density at radius 3 is 2.63 bits per heavy atom. The van der Waals surface area contributed by atoms with Gasteiger partial charge >= 0.3 is 0 Å². The van der Waals surface area contributed by atoms with Gasteiger partial charge in [-0.25, -0.2) is 4.98 Å². The van der Waals surface area contributed by atoms with Gasteiger partial charge in [0.25, 0.3) is 5.69 Å². The van der Waals surface area contributed by atoms with Gasteiger partial charge in [-0.2, -0.15) is 0 Å². The van der Waals surface area contributed by atoms with Gasteiger partial charge in [0.1, 0.15) is 5.82 Å². The zero-order chi connectivity index (χ0) is 13.7. The SMILES string of the molecule is Cc1cccnc1NCCc1ccc([N+](=O)[O-])cc1. The molecule has 2 rings (SSSR count). The minimum absolute atomic E-state index is 0.122. The number of anilines is 1. The molecule has 0 bridgehead atoms. The first-order valence-electron chi connectivity index (χ1n) is 6.05. The van der Waals surface area contributed by atoms with Crippen molar-refractivity contribution in [2.75, 3.05) is 11.9 Å². The minimum atomic E-state index is -0.390. The highest BCUT2D eigenvalue weighted by Gasteiger charge is 2.04. The topological polar surface area (TPSA) is 68.1 Å². The number of rotatable bonds is 5. The molecule has 19 heavy (non-hydrogen) atoms. The number of benzene rings is 1. The Bertz CT molecular complexity index is 567. The summed E-state index contributed by atoms with van der Waals surface area (Å²) < 4.78 is 0. The quantitative estimate of drug-likeness (QED) is 0.660. The van der Waals surface area contributed by atoms with Gasteiger partial charge in [0, 0.05) is 24.9 Å². The van der Waals surface area contributed by atoms with Crippen LogP contribution in [0.25, 0.3) is 0 Å². The van der Waals surface area contributed by atoms with Crippen LogP contribution in [0.15, 0.2) is 42.6 Å². The average Bonchev–Trinajstić information content (AvgIpc) is 2.41. The van der Waals surface area contributed by atoms with Gasteiger partial charge in [0.2, 0.25) is 0 Å². The van der Waals surface area contributed by atoms with Gasteiger partial charge in [-0.15, -0.1) is 0 Å². The van der Waals surface area contributed by atoms with Crippen molar-refractivity contribution in [1.29, 1.82) is 0 Å². The molecule has 98 valence electrons. The van der Waals surface area contributed by atoms with Crippen molar-refractivity contribution in [1.82, 2.24) is 4.98 Å². The zero-order valence-corrected chi connectivity index (χ0v) is 10.7. The Labute approximate surface area is 111 Å². The van der Waals surface area contributed by atoms with E-state index in [-0.39, 0.29) is 10.6 Å². The molecule has 0 aliphatic rings. The number of hydrogen-bond acceptors (Lipinski definition) is 4. The van der Waals surface area contributed by atoms with E-state index < -0.39 is 0 Å². The summed E-state index contributed by atoms with van der Waals surface area (Å²) in [7, 11) is 0. The van der Waals surface area contributed by atoms with Crippen LogP contribution in [-0.2, 0) is 6.42 Å². The van der Waals surface area contributed by atoms with Crippen molar-refractivity contribution in [3.8, 4) is 0 Å². The first-order chi connectivity index (χ1) is 9.16. The Morgan fingerprint density at radius 2 is 2.00 bits per heavy atom. The summed E-state index contributed by atoms with van der Waals surface area (Å²) in [6.45, 7) is 2.75. The molecule has 1 aromatic heterocycles. The van der Waals surface area contributed by atoms with Crippen LogP contribution in [0.1, 0.15) is 11.1 Å². The summed E-state index contributed by atoms with van der Waals surface area (Å²) in [5.41, 5.74) is 2.29. The lowest BCUT2D eigenvalue weighted by Crippen LogP contribution is -2.07. The fourth-order valence-corrected chi connectivity index (χ4v) is 1.78. The predicted molar refractivity (Wildman–Crippen MR) is 74.3 cm³/mol. The first kappa shape index (κ1) is 13.0. The van der Waals surface area contributed by atoms with Crippen molar-refractivity contribution in [2.45, 2.75) is 13.3 Å². The molecular weight excluding hydrogens is 242 g/mol. The van der Waals surface area contributed by atoms with E-state index in [1.807, 2.05) is 19.1 Å². The highest BCUT2D eigenvalue weighted by atomic mass is 16.6. The van der Waals surface area contributed by atoms with Gasteiger partial charge in [-0.1, -0.05) is 18.2 Å². The second-order valence-electron chi connectivity index (χ2n) is 4.27. The number of hydrogen-bond donors (Lipinski definition) is 1. The van der Waals surface area contributed by atoms with E-state index in [9.17, 15) is 10.1 Å². The lowest BCUT2D eigenvalue weighted by molar-refractivity contribution is -0.384. The summed E-state index contributed by atoms with van der Waals surface area (Å²) in [4.78, 5) is 14.4. The number of nitrogens with one attached hydrogen (secondary N) is 1. The molecular formula is C14H15N3O2. The van der Waals surface area contributed by atoms with Crippen molar-refractivity contribution in [2.24, 2.45) is 0 Å². The van der Waals surface area contributed by atoms with Gasteiger partial charge in [-0.05, 0) is 30.5 Å². The fourth-order valence-electron chi connectivity index (χ4n) is 1.78. The number of pyridine rings is 1. The van der Waals surface area contributed by atoms with Gasteiger partial charge < -0.3 is 5.32 Å². The molecule has 0 aliphatic heterocycles. The largest absolute Gasteiger partial charge is 0.370 e. The van der Waals surface area contributed by atoms with Crippen LogP contribution in [-0.4, -0.2) is 16.5 Å². The number of non-ortho nitro benzene ring substituents is 1. The third-order valence-corrected chi connectivity index (χ3v) is 2.86. The van der Waals surface area contributed by atoms with E-state index in [1.165, 1.54) is 12.1 Å². The molecule has 2 aromatic rings. The molecule has 0 radical (unpaired) electrons. The fraction of sp³-hybridized carbons (Fsp3) is 0.214. The van der Waals surface area contributed by atoms with Crippen molar-refractivity contribution < 1.29 is 4.92 Å². The molecule has 1 heterocycles.